The zero-order valence-corrected chi connectivity index (χ0v) is 17.0. The molecule has 0 atom stereocenters. The lowest BCUT2D eigenvalue weighted by Crippen LogP contribution is -2.46. The van der Waals surface area contributed by atoms with E-state index < -0.39 is 0 Å². The third kappa shape index (κ3) is 6.83. The number of esters is 1. The minimum absolute atomic E-state index is 0.0353. The van der Waals surface area contributed by atoms with Gasteiger partial charge in [0.25, 0.3) is 0 Å². The van der Waals surface area contributed by atoms with E-state index in [4.69, 9.17) is 4.74 Å². The molecule has 1 aromatic heterocycles. The number of likely N-dealkylation sites (tertiary alicyclic amines) is 1. The molecule has 1 fully saturated rings. The van der Waals surface area contributed by atoms with E-state index in [1.165, 1.54) is 0 Å². The average molecular weight is 390 g/mol. The highest BCUT2D eigenvalue weighted by atomic mass is 16.5. The van der Waals surface area contributed by atoms with Gasteiger partial charge >= 0.3 is 5.97 Å². The molecule has 28 heavy (non-hydrogen) atoms. The number of anilines is 1. The Morgan fingerprint density at radius 2 is 2.04 bits per heavy atom. The van der Waals surface area contributed by atoms with E-state index >= 15 is 0 Å². The lowest BCUT2D eigenvalue weighted by Gasteiger charge is -2.33. The van der Waals surface area contributed by atoms with Crippen LogP contribution < -0.4 is 10.6 Å². The van der Waals surface area contributed by atoms with Crippen molar-refractivity contribution >= 4 is 23.7 Å². The van der Waals surface area contributed by atoms with E-state index in [0.717, 1.165) is 44.0 Å². The first kappa shape index (κ1) is 21.7. The number of piperidine rings is 1. The predicted molar refractivity (Wildman–Crippen MR) is 109 cm³/mol. The Morgan fingerprint density at radius 3 is 2.64 bits per heavy atom. The molecule has 1 amide bonds. The van der Waals surface area contributed by atoms with Gasteiger partial charge in [-0.2, -0.15) is 0 Å². The molecule has 1 aromatic rings. The van der Waals surface area contributed by atoms with Crippen LogP contribution in [0.15, 0.2) is 23.3 Å². The zero-order valence-electron chi connectivity index (χ0n) is 17.0. The number of rotatable bonds is 7. The summed E-state index contributed by atoms with van der Waals surface area (Å²) in [5.74, 6) is 1.08. The number of carbonyl (C=O) groups excluding carboxylic acids is 2. The molecule has 8 heteroatoms. The van der Waals surface area contributed by atoms with Crippen LogP contribution in [0.1, 0.15) is 38.7 Å². The van der Waals surface area contributed by atoms with Crippen LogP contribution in [0.25, 0.3) is 0 Å². The maximum Gasteiger partial charge on any atom is 0.309 e. The van der Waals surface area contributed by atoms with Gasteiger partial charge in [-0.05, 0) is 45.2 Å². The van der Waals surface area contributed by atoms with Crippen LogP contribution in [0.2, 0.25) is 0 Å². The van der Waals surface area contributed by atoms with Crippen molar-refractivity contribution in [2.45, 2.75) is 40.0 Å². The number of aryl methyl sites for hydroxylation is 1. The number of carbonyl (C=O) groups is 2. The SMILES string of the molecule is CCNC(=NCCC(=O)Nc1ccc(C)cn1)N1CCC(C(=O)OCC)CC1. The molecule has 2 rings (SSSR count). The normalized spacial score (nSPS) is 15.2. The van der Waals surface area contributed by atoms with Gasteiger partial charge in [0, 0.05) is 32.3 Å². The topological polar surface area (TPSA) is 95.9 Å². The molecule has 0 saturated carbocycles. The van der Waals surface area contributed by atoms with Crippen molar-refractivity contribution in [3.8, 4) is 0 Å². The number of aromatic nitrogens is 1. The second-order valence-corrected chi connectivity index (χ2v) is 6.77. The van der Waals surface area contributed by atoms with Crippen molar-refractivity contribution in [2.24, 2.45) is 10.9 Å². The van der Waals surface area contributed by atoms with Gasteiger partial charge in [0.05, 0.1) is 19.1 Å². The van der Waals surface area contributed by atoms with Crippen molar-refractivity contribution in [3.63, 3.8) is 0 Å². The maximum absolute atomic E-state index is 12.1. The predicted octanol–water partition coefficient (Wildman–Crippen LogP) is 1.96. The fourth-order valence-corrected chi connectivity index (χ4v) is 3.02. The second kappa shape index (κ2) is 11.3. The number of pyridine rings is 1. The first-order valence-corrected chi connectivity index (χ1v) is 9.95. The molecular weight excluding hydrogens is 358 g/mol. The lowest BCUT2D eigenvalue weighted by molar-refractivity contribution is -0.149. The van der Waals surface area contributed by atoms with Gasteiger partial charge in [0.2, 0.25) is 5.91 Å². The highest BCUT2D eigenvalue weighted by Gasteiger charge is 2.27. The van der Waals surface area contributed by atoms with E-state index in [1.54, 1.807) is 12.3 Å². The van der Waals surface area contributed by atoms with E-state index in [1.807, 2.05) is 26.8 Å². The summed E-state index contributed by atoms with van der Waals surface area (Å²) in [6, 6.07) is 3.69. The number of hydrogen-bond donors (Lipinski definition) is 2. The highest BCUT2D eigenvalue weighted by molar-refractivity contribution is 5.90. The number of guanidine groups is 1. The number of ether oxygens (including phenoxy) is 1. The number of hydrogen-bond acceptors (Lipinski definition) is 5. The van der Waals surface area contributed by atoms with Gasteiger partial charge in [-0.25, -0.2) is 4.98 Å². The average Bonchev–Trinajstić information content (AvgIpc) is 2.69. The summed E-state index contributed by atoms with van der Waals surface area (Å²) < 4.78 is 5.12. The van der Waals surface area contributed by atoms with E-state index in [2.05, 4.69) is 25.5 Å². The van der Waals surface area contributed by atoms with E-state index in [-0.39, 0.29) is 24.2 Å². The largest absolute Gasteiger partial charge is 0.466 e. The molecule has 154 valence electrons. The number of amides is 1. The Hall–Kier alpha value is -2.64. The fraction of sp³-hybridized carbons (Fsp3) is 0.600. The number of nitrogens with zero attached hydrogens (tertiary/aromatic N) is 3. The molecule has 1 aliphatic heterocycles. The van der Waals surface area contributed by atoms with Crippen LogP contribution in [0.4, 0.5) is 5.82 Å². The second-order valence-electron chi connectivity index (χ2n) is 6.77. The van der Waals surface area contributed by atoms with Crippen molar-refractivity contribution in [1.82, 2.24) is 15.2 Å². The van der Waals surface area contributed by atoms with Crippen molar-refractivity contribution in [3.05, 3.63) is 23.9 Å². The summed E-state index contributed by atoms with van der Waals surface area (Å²) in [6.45, 7) is 8.83. The molecule has 0 aliphatic carbocycles. The fourth-order valence-electron chi connectivity index (χ4n) is 3.02. The van der Waals surface area contributed by atoms with Crippen molar-refractivity contribution in [2.75, 3.05) is 38.1 Å². The summed E-state index contributed by atoms with van der Waals surface area (Å²) in [4.78, 5) is 34.8. The molecule has 0 spiro atoms. The first-order chi connectivity index (χ1) is 13.5. The Kier molecular flexibility index (Phi) is 8.71. The minimum atomic E-state index is -0.114. The van der Waals surface area contributed by atoms with Crippen LogP contribution in [0.3, 0.4) is 0 Å². The summed E-state index contributed by atoms with van der Waals surface area (Å²) in [7, 11) is 0. The van der Waals surface area contributed by atoms with Gasteiger partial charge in [0.1, 0.15) is 5.82 Å². The Bertz CT molecular complexity index is 667. The molecule has 0 aromatic carbocycles. The molecule has 2 N–H and O–H groups in total. The first-order valence-electron chi connectivity index (χ1n) is 9.95. The third-order valence-corrected chi connectivity index (χ3v) is 4.53. The molecule has 8 nitrogen and oxygen atoms in total. The number of nitrogens with one attached hydrogen (secondary N) is 2. The van der Waals surface area contributed by atoms with Gasteiger partial charge < -0.3 is 20.3 Å². The standard InChI is InChI=1S/C20H31N5O3/c1-4-21-20(25-12-9-16(10-13-25)19(27)28-5-2)22-11-8-18(26)24-17-7-6-15(3)14-23-17/h6-7,14,16H,4-5,8-13H2,1-3H3,(H,21,22)(H,23,24,26). The summed E-state index contributed by atoms with van der Waals surface area (Å²) in [5.41, 5.74) is 1.05. The molecule has 1 aliphatic rings. The maximum atomic E-state index is 12.1. The van der Waals surface area contributed by atoms with E-state index in [0.29, 0.717) is 19.0 Å². The smallest absolute Gasteiger partial charge is 0.309 e. The quantitative estimate of drug-likeness (QED) is 0.420. The molecule has 0 radical (unpaired) electrons. The third-order valence-electron chi connectivity index (χ3n) is 4.53. The molecular formula is C20H31N5O3. The van der Waals surface area contributed by atoms with Gasteiger partial charge in [0.15, 0.2) is 5.96 Å². The molecule has 0 unspecified atom stereocenters. The molecule has 2 heterocycles. The molecule has 1 saturated heterocycles. The summed E-state index contributed by atoms with van der Waals surface area (Å²) in [6.07, 6.45) is 3.51. The monoisotopic (exact) mass is 389 g/mol. The van der Waals surface area contributed by atoms with Crippen LogP contribution >= 0.6 is 0 Å². The summed E-state index contributed by atoms with van der Waals surface area (Å²) >= 11 is 0. The van der Waals surface area contributed by atoms with Crippen LogP contribution in [-0.2, 0) is 14.3 Å². The zero-order chi connectivity index (χ0) is 20.4. The van der Waals surface area contributed by atoms with Crippen LogP contribution in [-0.4, -0.2) is 60.5 Å². The minimum Gasteiger partial charge on any atom is -0.466 e. The van der Waals surface area contributed by atoms with Crippen molar-refractivity contribution in [1.29, 1.82) is 0 Å². The Morgan fingerprint density at radius 1 is 1.29 bits per heavy atom. The number of aliphatic imine (C=N–C) groups is 1. The van der Waals surface area contributed by atoms with Gasteiger partial charge in [-0.15, -0.1) is 0 Å². The van der Waals surface area contributed by atoms with E-state index in [9.17, 15) is 9.59 Å². The lowest BCUT2D eigenvalue weighted by atomic mass is 9.97. The van der Waals surface area contributed by atoms with Gasteiger partial charge in [-0.1, -0.05) is 6.07 Å². The highest BCUT2D eigenvalue weighted by Crippen LogP contribution is 2.18. The van der Waals surface area contributed by atoms with Crippen LogP contribution in [0, 0.1) is 12.8 Å². The summed E-state index contributed by atoms with van der Waals surface area (Å²) in [5, 5.41) is 6.05. The Balaban J connectivity index is 1.82. The molecule has 0 bridgehead atoms. The van der Waals surface area contributed by atoms with Gasteiger partial charge in [-0.3, -0.25) is 14.6 Å². The van der Waals surface area contributed by atoms with Crippen molar-refractivity contribution < 1.29 is 14.3 Å². The van der Waals surface area contributed by atoms with Crippen LogP contribution in [0.5, 0.6) is 0 Å². The Labute approximate surface area is 166 Å².